The standard InChI is InChI=1S/C11H9FN2O3/c12-8-4-2-1-3-7(8)11-9(13-17-14-11)5-6-10(15)16/h1-4H,5-6H2,(H,15,16). The number of aromatic nitrogens is 2. The lowest BCUT2D eigenvalue weighted by Crippen LogP contribution is -1.99. The number of hydrogen-bond donors (Lipinski definition) is 1. The second-order valence-electron chi connectivity index (χ2n) is 3.43. The molecular formula is C11H9FN2O3. The second-order valence-corrected chi connectivity index (χ2v) is 3.43. The maximum atomic E-state index is 13.5. The van der Waals surface area contributed by atoms with Crippen molar-refractivity contribution in [2.24, 2.45) is 0 Å². The van der Waals surface area contributed by atoms with Gasteiger partial charge < -0.3 is 5.11 Å². The van der Waals surface area contributed by atoms with Gasteiger partial charge in [0.15, 0.2) is 0 Å². The molecule has 17 heavy (non-hydrogen) atoms. The van der Waals surface area contributed by atoms with Crippen LogP contribution in [0, 0.1) is 5.82 Å². The Labute approximate surface area is 95.8 Å². The molecule has 2 rings (SSSR count). The number of aliphatic carboxylic acids is 1. The van der Waals surface area contributed by atoms with Crippen molar-refractivity contribution in [3.63, 3.8) is 0 Å². The summed E-state index contributed by atoms with van der Waals surface area (Å²) in [5, 5.41) is 15.8. The third-order valence-corrected chi connectivity index (χ3v) is 2.26. The Balaban J connectivity index is 2.31. The van der Waals surface area contributed by atoms with Crippen molar-refractivity contribution in [2.45, 2.75) is 12.8 Å². The fourth-order valence-corrected chi connectivity index (χ4v) is 1.45. The fraction of sp³-hybridized carbons (Fsp3) is 0.182. The van der Waals surface area contributed by atoms with Crippen molar-refractivity contribution >= 4 is 5.97 Å². The maximum absolute atomic E-state index is 13.5. The van der Waals surface area contributed by atoms with Crippen LogP contribution in [0.5, 0.6) is 0 Å². The van der Waals surface area contributed by atoms with E-state index in [0.717, 1.165) is 0 Å². The van der Waals surface area contributed by atoms with Crippen molar-refractivity contribution in [1.29, 1.82) is 0 Å². The van der Waals surface area contributed by atoms with Gasteiger partial charge in [0.2, 0.25) is 0 Å². The first-order valence-electron chi connectivity index (χ1n) is 4.96. The summed E-state index contributed by atoms with van der Waals surface area (Å²) in [5.74, 6) is -1.40. The van der Waals surface area contributed by atoms with Crippen molar-refractivity contribution in [3.05, 3.63) is 35.8 Å². The van der Waals surface area contributed by atoms with Gasteiger partial charge in [-0.15, -0.1) is 0 Å². The summed E-state index contributed by atoms with van der Waals surface area (Å²) in [4.78, 5) is 10.5. The molecule has 6 heteroatoms. The molecule has 0 aliphatic rings. The van der Waals surface area contributed by atoms with Gasteiger partial charge in [-0.3, -0.25) is 4.79 Å². The first-order chi connectivity index (χ1) is 8.18. The number of rotatable bonds is 4. The van der Waals surface area contributed by atoms with E-state index in [-0.39, 0.29) is 24.1 Å². The number of hydrogen-bond acceptors (Lipinski definition) is 4. The highest BCUT2D eigenvalue weighted by Gasteiger charge is 2.16. The van der Waals surface area contributed by atoms with Gasteiger partial charge in [-0.1, -0.05) is 17.3 Å². The first kappa shape index (κ1) is 11.3. The molecule has 1 aromatic heterocycles. The van der Waals surface area contributed by atoms with Gasteiger partial charge in [-0.05, 0) is 17.3 Å². The lowest BCUT2D eigenvalue weighted by molar-refractivity contribution is -0.136. The Kier molecular flexibility index (Phi) is 3.13. The number of benzene rings is 1. The minimum Gasteiger partial charge on any atom is -0.481 e. The summed E-state index contributed by atoms with van der Waals surface area (Å²) in [7, 11) is 0. The van der Waals surface area contributed by atoms with E-state index in [1.165, 1.54) is 6.07 Å². The number of nitrogens with zero attached hydrogens (tertiary/aromatic N) is 2. The number of carbonyl (C=O) groups is 1. The zero-order valence-corrected chi connectivity index (χ0v) is 8.76. The van der Waals surface area contributed by atoms with Crippen LogP contribution >= 0.6 is 0 Å². The third-order valence-electron chi connectivity index (χ3n) is 2.26. The Hall–Kier alpha value is -2.24. The minimum absolute atomic E-state index is 0.102. The summed E-state index contributed by atoms with van der Waals surface area (Å²) < 4.78 is 18.0. The summed E-state index contributed by atoms with van der Waals surface area (Å²) >= 11 is 0. The SMILES string of the molecule is O=C(O)CCc1nonc1-c1ccccc1F. The molecule has 5 nitrogen and oxygen atoms in total. The Morgan fingerprint density at radius 1 is 1.35 bits per heavy atom. The van der Waals surface area contributed by atoms with E-state index >= 15 is 0 Å². The molecule has 0 radical (unpaired) electrons. The predicted octanol–water partition coefficient (Wildman–Crippen LogP) is 1.89. The molecule has 1 heterocycles. The molecule has 0 atom stereocenters. The van der Waals surface area contributed by atoms with Gasteiger partial charge in [0.05, 0.1) is 6.42 Å². The molecule has 88 valence electrons. The van der Waals surface area contributed by atoms with Crippen LogP contribution in [0.15, 0.2) is 28.9 Å². The number of carboxylic acids is 1. The van der Waals surface area contributed by atoms with E-state index < -0.39 is 11.8 Å². The van der Waals surface area contributed by atoms with Crippen molar-refractivity contribution < 1.29 is 18.9 Å². The molecule has 0 bridgehead atoms. The summed E-state index contributed by atoms with van der Waals surface area (Å²) in [6.45, 7) is 0. The van der Waals surface area contributed by atoms with E-state index in [9.17, 15) is 9.18 Å². The first-order valence-corrected chi connectivity index (χ1v) is 4.96. The molecule has 0 fully saturated rings. The quantitative estimate of drug-likeness (QED) is 0.877. The molecule has 0 saturated heterocycles. The molecular weight excluding hydrogens is 227 g/mol. The van der Waals surface area contributed by atoms with Crippen molar-refractivity contribution in [1.82, 2.24) is 10.3 Å². The topological polar surface area (TPSA) is 76.2 Å². The smallest absolute Gasteiger partial charge is 0.303 e. The second kappa shape index (κ2) is 4.73. The number of carboxylic acid groups (broad SMARTS) is 1. The van der Waals surface area contributed by atoms with Crippen LogP contribution in [0.1, 0.15) is 12.1 Å². The molecule has 1 aromatic carbocycles. The van der Waals surface area contributed by atoms with E-state index in [2.05, 4.69) is 14.9 Å². The van der Waals surface area contributed by atoms with Crippen molar-refractivity contribution in [2.75, 3.05) is 0 Å². The van der Waals surface area contributed by atoms with Crippen LogP contribution in [0.2, 0.25) is 0 Å². The largest absolute Gasteiger partial charge is 0.481 e. The van der Waals surface area contributed by atoms with Crippen LogP contribution in [-0.4, -0.2) is 21.4 Å². The maximum Gasteiger partial charge on any atom is 0.303 e. The average molecular weight is 236 g/mol. The Bertz CT molecular complexity index is 539. The summed E-state index contributed by atoms with van der Waals surface area (Å²) in [6.07, 6.45) is 0.0537. The van der Waals surface area contributed by atoms with E-state index in [1.807, 2.05) is 0 Å². The Morgan fingerprint density at radius 2 is 2.12 bits per heavy atom. The van der Waals surface area contributed by atoms with Crippen LogP contribution < -0.4 is 0 Å². The van der Waals surface area contributed by atoms with E-state index in [0.29, 0.717) is 5.69 Å². The van der Waals surface area contributed by atoms with Crippen molar-refractivity contribution in [3.8, 4) is 11.3 Å². The lowest BCUT2D eigenvalue weighted by atomic mass is 10.1. The predicted molar refractivity (Wildman–Crippen MR) is 55.6 cm³/mol. The van der Waals surface area contributed by atoms with Crippen LogP contribution in [-0.2, 0) is 11.2 Å². The molecule has 1 N–H and O–H groups in total. The van der Waals surface area contributed by atoms with Gasteiger partial charge in [0.25, 0.3) is 0 Å². The zero-order chi connectivity index (χ0) is 12.3. The normalized spacial score (nSPS) is 10.4. The zero-order valence-electron chi connectivity index (χ0n) is 8.76. The summed E-state index contributed by atoms with van der Waals surface area (Å²) in [6, 6.07) is 6.06. The van der Waals surface area contributed by atoms with Gasteiger partial charge in [0.1, 0.15) is 17.2 Å². The van der Waals surface area contributed by atoms with Gasteiger partial charge in [-0.2, -0.15) is 0 Å². The molecule has 0 saturated carbocycles. The lowest BCUT2D eigenvalue weighted by Gasteiger charge is -1.99. The molecule has 0 aliphatic heterocycles. The molecule has 0 spiro atoms. The molecule has 0 unspecified atom stereocenters. The molecule has 2 aromatic rings. The Morgan fingerprint density at radius 3 is 2.82 bits per heavy atom. The average Bonchev–Trinajstić information content (AvgIpc) is 2.75. The highest BCUT2D eigenvalue weighted by atomic mass is 19.1. The fourth-order valence-electron chi connectivity index (χ4n) is 1.45. The minimum atomic E-state index is -0.951. The monoisotopic (exact) mass is 236 g/mol. The number of aryl methyl sites for hydroxylation is 1. The van der Waals surface area contributed by atoms with E-state index in [1.54, 1.807) is 18.2 Å². The van der Waals surface area contributed by atoms with Crippen LogP contribution in [0.3, 0.4) is 0 Å². The van der Waals surface area contributed by atoms with E-state index in [4.69, 9.17) is 5.11 Å². The highest BCUT2D eigenvalue weighted by molar-refractivity contribution is 5.68. The van der Waals surface area contributed by atoms with Gasteiger partial charge in [0, 0.05) is 12.0 Å². The molecule has 0 amide bonds. The van der Waals surface area contributed by atoms with Gasteiger partial charge >= 0.3 is 5.97 Å². The van der Waals surface area contributed by atoms with Crippen LogP contribution in [0.4, 0.5) is 4.39 Å². The highest BCUT2D eigenvalue weighted by Crippen LogP contribution is 2.23. The summed E-state index contributed by atoms with van der Waals surface area (Å²) in [5.41, 5.74) is 0.857. The van der Waals surface area contributed by atoms with Crippen LogP contribution in [0.25, 0.3) is 11.3 Å². The van der Waals surface area contributed by atoms with Gasteiger partial charge in [-0.25, -0.2) is 9.02 Å². The molecule has 0 aliphatic carbocycles. The third kappa shape index (κ3) is 2.47. The number of halogens is 1.